The summed E-state index contributed by atoms with van der Waals surface area (Å²) in [4.78, 5) is 13.7. The van der Waals surface area contributed by atoms with E-state index in [1.54, 1.807) is 25.3 Å². The molecule has 1 aromatic heterocycles. The summed E-state index contributed by atoms with van der Waals surface area (Å²) in [6.45, 7) is 2.05. The first-order valence-electron chi connectivity index (χ1n) is 5.81. The first-order chi connectivity index (χ1) is 8.99. The standard InChI is InChI=1S/C14H15FN2OS/c1-9-5-11(16)6-12(13(9)15)14(18)17(2)7-10-3-4-19-8-10/h3-6,8H,7,16H2,1-2H3. The number of anilines is 1. The molecule has 0 atom stereocenters. The highest BCUT2D eigenvalue weighted by atomic mass is 32.1. The number of carbonyl (C=O) groups is 1. The maximum atomic E-state index is 14.0. The van der Waals surface area contributed by atoms with Gasteiger partial charge in [-0.25, -0.2) is 4.39 Å². The van der Waals surface area contributed by atoms with Crippen molar-refractivity contribution in [1.82, 2.24) is 4.90 Å². The van der Waals surface area contributed by atoms with Crippen LogP contribution in [0.1, 0.15) is 21.5 Å². The zero-order valence-corrected chi connectivity index (χ0v) is 11.6. The summed E-state index contributed by atoms with van der Waals surface area (Å²) in [6, 6.07) is 4.84. The average Bonchev–Trinajstić information content (AvgIpc) is 2.85. The van der Waals surface area contributed by atoms with E-state index in [1.807, 2.05) is 16.8 Å². The summed E-state index contributed by atoms with van der Waals surface area (Å²) in [6.07, 6.45) is 0. The lowest BCUT2D eigenvalue weighted by atomic mass is 10.1. The Morgan fingerprint density at radius 3 is 2.84 bits per heavy atom. The molecule has 5 heteroatoms. The third kappa shape index (κ3) is 2.93. The highest BCUT2D eigenvalue weighted by Crippen LogP contribution is 2.19. The topological polar surface area (TPSA) is 46.3 Å². The molecule has 0 fully saturated rings. The summed E-state index contributed by atoms with van der Waals surface area (Å²) < 4.78 is 14.0. The minimum Gasteiger partial charge on any atom is -0.399 e. The number of thiophene rings is 1. The molecule has 19 heavy (non-hydrogen) atoms. The van der Waals surface area contributed by atoms with Crippen molar-refractivity contribution >= 4 is 22.9 Å². The van der Waals surface area contributed by atoms with Crippen LogP contribution in [0.5, 0.6) is 0 Å². The van der Waals surface area contributed by atoms with Crippen LogP contribution in [0.2, 0.25) is 0 Å². The Morgan fingerprint density at radius 1 is 1.47 bits per heavy atom. The van der Waals surface area contributed by atoms with Crippen LogP contribution in [0.25, 0.3) is 0 Å². The fourth-order valence-electron chi connectivity index (χ4n) is 1.89. The van der Waals surface area contributed by atoms with Gasteiger partial charge in [-0.05, 0) is 47.0 Å². The maximum absolute atomic E-state index is 14.0. The molecule has 1 aromatic carbocycles. The number of hydrogen-bond donors (Lipinski definition) is 1. The zero-order valence-electron chi connectivity index (χ0n) is 10.8. The normalized spacial score (nSPS) is 10.5. The number of hydrogen-bond acceptors (Lipinski definition) is 3. The van der Waals surface area contributed by atoms with Crippen LogP contribution in [-0.4, -0.2) is 17.9 Å². The van der Waals surface area contributed by atoms with Gasteiger partial charge in [0.15, 0.2) is 0 Å². The molecule has 0 bridgehead atoms. The van der Waals surface area contributed by atoms with Gasteiger partial charge in [-0.1, -0.05) is 0 Å². The van der Waals surface area contributed by atoms with E-state index in [0.29, 0.717) is 17.8 Å². The first-order valence-corrected chi connectivity index (χ1v) is 6.75. The summed E-state index contributed by atoms with van der Waals surface area (Å²) in [5, 5.41) is 3.91. The highest BCUT2D eigenvalue weighted by molar-refractivity contribution is 7.07. The second kappa shape index (κ2) is 5.40. The quantitative estimate of drug-likeness (QED) is 0.877. The van der Waals surface area contributed by atoms with Gasteiger partial charge in [0, 0.05) is 19.3 Å². The van der Waals surface area contributed by atoms with Crippen LogP contribution in [0.3, 0.4) is 0 Å². The largest absolute Gasteiger partial charge is 0.399 e. The molecule has 0 aliphatic rings. The number of carbonyl (C=O) groups excluding carboxylic acids is 1. The lowest BCUT2D eigenvalue weighted by Crippen LogP contribution is -2.27. The first kappa shape index (κ1) is 13.5. The Kier molecular flexibility index (Phi) is 3.85. The molecule has 0 aliphatic heterocycles. The predicted molar refractivity (Wildman–Crippen MR) is 75.7 cm³/mol. The molecule has 0 aliphatic carbocycles. The fourth-order valence-corrected chi connectivity index (χ4v) is 2.55. The number of benzene rings is 1. The van der Waals surface area contributed by atoms with Gasteiger partial charge in [0.25, 0.3) is 5.91 Å². The molecule has 100 valence electrons. The molecule has 0 unspecified atom stereocenters. The van der Waals surface area contributed by atoms with Crippen molar-refractivity contribution < 1.29 is 9.18 Å². The number of nitrogens with zero attached hydrogens (tertiary/aromatic N) is 1. The van der Waals surface area contributed by atoms with Crippen LogP contribution in [0, 0.1) is 12.7 Å². The Labute approximate surface area is 115 Å². The molecule has 0 spiro atoms. The van der Waals surface area contributed by atoms with E-state index in [1.165, 1.54) is 17.0 Å². The summed E-state index contributed by atoms with van der Waals surface area (Å²) >= 11 is 1.57. The zero-order chi connectivity index (χ0) is 14.0. The maximum Gasteiger partial charge on any atom is 0.256 e. The van der Waals surface area contributed by atoms with Crippen molar-refractivity contribution in [2.24, 2.45) is 0 Å². The van der Waals surface area contributed by atoms with E-state index < -0.39 is 5.82 Å². The van der Waals surface area contributed by atoms with E-state index >= 15 is 0 Å². The Balaban J connectivity index is 2.24. The smallest absolute Gasteiger partial charge is 0.256 e. The van der Waals surface area contributed by atoms with Gasteiger partial charge < -0.3 is 10.6 Å². The van der Waals surface area contributed by atoms with Crippen molar-refractivity contribution in [3.63, 3.8) is 0 Å². The summed E-state index contributed by atoms with van der Waals surface area (Å²) in [5.41, 5.74) is 7.50. The Hall–Kier alpha value is -1.88. The molecule has 1 amide bonds. The third-order valence-electron chi connectivity index (χ3n) is 2.85. The van der Waals surface area contributed by atoms with E-state index in [-0.39, 0.29) is 11.5 Å². The Morgan fingerprint density at radius 2 is 2.21 bits per heavy atom. The molecular formula is C14H15FN2OS. The second-order valence-corrected chi connectivity index (χ2v) is 5.27. The number of amides is 1. The van der Waals surface area contributed by atoms with Gasteiger partial charge in [-0.3, -0.25) is 4.79 Å². The van der Waals surface area contributed by atoms with E-state index in [0.717, 1.165) is 5.56 Å². The van der Waals surface area contributed by atoms with E-state index in [9.17, 15) is 9.18 Å². The molecule has 1 heterocycles. The lowest BCUT2D eigenvalue weighted by molar-refractivity contribution is 0.0780. The van der Waals surface area contributed by atoms with Crippen molar-refractivity contribution in [3.05, 3.63) is 51.5 Å². The number of nitrogen functional groups attached to an aromatic ring is 1. The van der Waals surface area contributed by atoms with Gasteiger partial charge in [-0.2, -0.15) is 11.3 Å². The minimum absolute atomic E-state index is 0.0234. The van der Waals surface area contributed by atoms with Gasteiger partial charge in [-0.15, -0.1) is 0 Å². The number of halogens is 1. The fraction of sp³-hybridized carbons (Fsp3) is 0.214. The van der Waals surface area contributed by atoms with Gasteiger partial charge in [0.2, 0.25) is 0 Å². The van der Waals surface area contributed by atoms with Crippen molar-refractivity contribution in [3.8, 4) is 0 Å². The molecule has 2 N–H and O–H groups in total. The molecule has 0 saturated heterocycles. The third-order valence-corrected chi connectivity index (χ3v) is 3.59. The monoisotopic (exact) mass is 278 g/mol. The Bertz CT molecular complexity index is 596. The van der Waals surface area contributed by atoms with E-state index in [4.69, 9.17) is 5.73 Å². The van der Waals surface area contributed by atoms with Crippen molar-refractivity contribution in [2.75, 3.05) is 12.8 Å². The molecule has 2 aromatic rings. The van der Waals surface area contributed by atoms with Crippen molar-refractivity contribution in [2.45, 2.75) is 13.5 Å². The van der Waals surface area contributed by atoms with Gasteiger partial charge in [0.1, 0.15) is 5.82 Å². The molecule has 3 nitrogen and oxygen atoms in total. The van der Waals surface area contributed by atoms with Crippen LogP contribution in [0.15, 0.2) is 29.0 Å². The predicted octanol–water partition coefficient (Wildman–Crippen LogP) is 3.05. The van der Waals surface area contributed by atoms with Crippen LogP contribution in [-0.2, 0) is 6.54 Å². The number of rotatable bonds is 3. The number of aryl methyl sites for hydroxylation is 1. The summed E-state index contributed by atoms with van der Waals surface area (Å²) in [7, 11) is 1.65. The molecule has 0 saturated carbocycles. The lowest BCUT2D eigenvalue weighted by Gasteiger charge is -2.17. The van der Waals surface area contributed by atoms with Crippen LogP contribution in [0.4, 0.5) is 10.1 Å². The SMILES string of the molecule is Cc1cc(N)cc(C(=O)N(C)Cc2ccsc2)c1F. The summed E-state index contributed by atoms with van der Waals surface area (Å²) in [5.74, 6) is -0.865. The minimum atomic E-state index is -0.503. The average molecular weight is 278 g/mol. The molecule has 2 rings (SSSR count). The van der Waals surface area contributed by atoms with Crippen LogP contribution >= 0.6 is 11.3 Å². The van der Waals surface area contributed by atoms with Crippen molar-refractivity contribution in [1.29, 1.82) is 0 Å². The molecular weight excluding hydrogens is 263 g/mol. The number of nitrogens with two attached hydrogens (primary N) is 1. The van der Waals surface area contributed by atoms with Gasteiger partial charge in [0.05, 0.1) is 5.56 Å². The van der Waals surface area contributed by atoms with E-state index in [2.05, 4.69) is 0 Å². The van der Waals surface area contributed by atoms with Crippen LogP contribution < -0.4 is 5.73 Å². The molecule has 0 radical (unpaired) electrons. The second-order valence-electron chi connectivity index (χ2n) is 4.49. The van der Waals surface area contributed by atoms with Gasteiger partial charge >= 0.3 is 0 Å². The highest BCUT2D eigenvalue weighted by Gasteiger charge is 2.18.